The van der Waals surface area contributed by atoms with Crippen LogP contribution in [0.4, 0.5) is 0 Å². The molecule has 0 unspecified atom stereocenters. The van der Waals surface area contributed by atoms with Crippen LogP contribution in [0, 0.1) is 0 Å². The van der Waals surface area contributed by atoms with E-state index in [1.807, 2.05) is 82.9 Å². The SMILES string of the molecule is CCN(CC)CCCC(=O)N[C@@H](C(=O)N1CCC[C@H]1c1ncc(-c2ccc(-c3ccc(-c4cnc([C@@H]5CCCN5C(=O)[C@H](NC(=O)CCCN(CC)CC)c5ccccc5)s4)cc3)cc2)s1)c1ccccc1. The molecule has 14 heteroatoms. The summed E-state index contributed by atoms with van der Waals surface area (Å²) in [5, 5.41) is 8.01. The van der Waals surface area contributed by atoms with Gasteiger partial charge in [0.05, 0.1) is 21.8 Å². The largest absolute Gasteiger partial charge is 0.341 e. The maximum absolute atomic E-state index is 14.4. The van der Waals surface area contributed by atoms with Gasteiger partial charge in [-0.25, -0.2) is 9.97 Å². The molecule has 2 aromatic heterocycles. The quantitative estimate of drug-likeness (QED) is 0.0649. The zero-order valence-corrected chi connectivity index (χ0v) is 43.9. The Kier molecular flexibility index (Phi) is 18.5. The smallest absolute Gasteiger partial charge is 0.250 e. The van der Waals surface area contributed by atoms with E-state index in [0.717, 1.165) is 131 Å². The van der Waals surface area contributed by atoms with E-state index < -0.39 is 12.1 Å². The molecule has 4 amide bonds. The van der Waals surface area contributed by atoms with Crippen molar-refractivity contribution in [2.75, 3.05) is 52.4 Å². The predicted molar refractivity (Wildman–Crippen MR) is 290 cm³/mol. The van der Waals surface area contributed by atoms with Crippen molar-refractivity contribution >= 4 is 46.3 Å². The molecule has 0 bridgehead atoms. The molecule has 378 valence electrons. The Morgan fingerprint density at radius 3 is 1.26 bits per heavy atom. The van der Waals surface area contributed by atoms with Gasteiger partial charge in [0.15, 0.2) is 0 Å². The lowest BCUT2D eigenvalue weighted by Gasteiger charge is -2.29. The Bertz CT molecular complexity index is 2500. The van der Waals surface area contributed by atoms with Crippen LogP contribution in [0.1, 0.15) is 124 Å². The van der Waals surface area contributed by atoms with Crippen LogP contribution in [0.3, 0.4) is 0 Å². The highest BCUT2D eigenvalue weighted by molar-refractivity contribution is 7.15. The van der Waals surface area contributed by atoms with Gasteiger partial charge < -0.3 is 30.2 Å². The number of carbonyl (C=O) groups is 4. The predicted octanol–water partition coefficient (Wildman–Crippen LogP) is 10.9. The second-order valence-corrected chi connectivity index (χ2v) is 20.9. The molecule has 0 spiro atoms. The molecule has 0 radical (unpaired) electrons. The summed E-state index contributed by atoms with van der Waals surface area (Å²) in [6.07, 6.45) is 9.44. The monoisotopic (exact) mass is 1010 g/mol. The van der Waals surface area contributed by atoms with Gasteiger partial charge in [-0.2, -0.15) is 0 Å². The number of hydrogen-bond acceptors (Lipinski definition) is 10. The zero-order chi connectivity index (χ0) is 50.4. The van der Waals surface area contributed by atoms with Crippen LogP contribution in [0.15, 0.2) is 122 Å². The fourth-order valence-electron chi connectivity index (χ4n) is 10.0. The average Bonchev–Trinajstić information content (AvgIpc) is 4.28. The Balaban J connectivity index is 0.893. The minimum absolute atomic E-state index is 0.0938. The number of nitrogens with zero attached hydrogens (tertiary/aromatic N) is 6. The molecular weight excluding hydrogens is 937 g/mol. The van der Waals surface area contributed by atoms with Gasteiger partial charge in [0.2, 0.25) is 23.6 Å². The molecule has 0 saturated carbocycles. The highest BCUT2D eigenvalue weighted by atomic mass is 32.1. The van der Waals surface area contributed by atoms with E-state index in [9.17, 15) is 19.2 Å². The van der Waals surface area contributed by atoms with Crippen molar-refractivity contribution in [1.29, 1.82) is 0 Å². The summed E-state index contributed by atoms with van der Waals surface area (Å²) in [5.74, 6) is -0.407. The lowest BCUT2D eigenvalue weighted by atomic mass is 10.0. The lowest BCUT2D eigenvalue weighted by molar-refractivity contribution is -0.137. The topological polar surface area (TPSA) is 131 Å². The second kappa shape index (κ2) is 25.5. The van der Waals surface area contributed by atoms with Crippen molar-refractivity contribution in [2.24, 2.45) is 0 Å². The number of hydrogen-bond donors (Lipinski definition) is 2. The fourth-order valence-corrected chi connectivity index (χ4v) is 12.2. The normalized spacial score (nSPS) is 16.6. The van der Waals surface area contributed by atoms with Gasteiger partial charge in [0.1, 0.15) is 22.1 Å². The van der Waals surface area contributed by atoms with Crippen molar-refractivity contribution < 1.29 is 19.2 Å². The third-order valence-electron chi connectivity index (χ3n) is 14.3. The van der Waals surface area contributed by atoms with E-state index in [0.29, 0.717) is 25.9 Å². The number of aromatic nitrogens is 2. The number of amides is 4. The number of thiazole rings is 2. The number of likely N-dealkylation sites (tertiary alicyclic amines) is 2. The molecule has 0 aliphatic carbocycles. The van der Waals surface area contributed by atoms with Crippen molar-refractivity contribution in [3.8, 4) is 32.0 Å². The van der Waals surface area contributed by atoms with E-state index in [2.05, 4.69) is 96.7 Å². The standard InChI is InChI=1S/C58H70N8O4S2/c1-5-63(6-2)35-17-25-51(67)61-53(45-19-11-9-12-20-45)57(69)65-37-15-23-47(65)55-59-39-49(71-55)43-31-27-41(28-32-43)42-29-33-44(34-30-42)50-40-60-56(72-50)48-24-16-38-66(48)58(70)54(46-21-13-10-14-22-46)62-52(68)26-18-36-64(7-3)8-4/h9-14,19-22,27-34,39-40,47-48,53-54H,5-8,15-18,23-26,35-38H2,1-4H3,(H,61,67)(H,62,68)/t47-,48-,53+,54+/m0/s1. The van der Waals surface area contributed by atoms with Crippen LogP contribution < -0.4 is 10.6 Å². The molecule has 8 rings (SSSR count). The molecule has 6 aromatic rings. The Hall–Kier alpha value is -6.06. The van der Waals surface area contributed by atoms with E-state index in [-0.39, 0.29) is 35.7 Å². The molecule has 2 N–H and O–H groups in total. The summed E-state index contributed by atoms with van der Waals surface area (Å²) in [5.41, 5.74) is 5.89. The molecule has 2 saturated heterocycles. The van der Waals surface area contributed by atoms with Crippen LogP contribution >= 0.6 is 22.7 Å². The van der Waals surface area contributed by atoms with Gasteiger partial charge in [-0.3, -0.25) is 19.2 Å². The second-order valence-electron chi connectivity index (χ2n) is 18.7. The molecule has 2 aliphatic rings. The average molecular weight is 1010 g/mol. The van der Waals surface area contributed by atoms with Crippen molar-refractivity contribution in [1.82, 2.24) is 40.2 Å². The van der Waals surface area contributed by atoms with Gasteiger partial charge in [-0.05, 0) is 111 Å². The van der Waals surface area contributed by atoms with Crippen molar-refractivity contribution in [3.63, 3.8) is 0 Å². The first-order valence-electron chi connectivity index (χ1n) is 26.0. The van der Waals surface area contributed by atoms with Crippen LogP contribution in [0.25, 0.3) is 32.0 Å². The van der Waals surface area contributed by atoms with Crippen LogP contribution in [0.2, 0.25) is 0 Å². The van der Waals surface area contributed by atoms with Crippen LogP contribution in [-0.2, 0) is 19.2 Å². The van der Waals surface area contributed by atoms with Gasteiger partial charge in [0, 0.05) is 38.3 Å². The maximum atomic E-state index is 14.4. The summed E-state index contributed by atoms with van der Waals surface area (Å²) in [6.45, 7) is 15.2. The zero-order valence-electron chi connectivity index (χ0n) is 42.3. The van der Waals surface area contributed by atoms with Gasteiger partial charge in [0.25, 0.3) is 0 Å². The lowest BCUT2D eigenvalue weighted by Crippen LogP contribution is -2.42. The third kappa shape index (κ3) is 12.9. The fraction of sp³-hybridized carbons (Fsp3) is 0.414. The molecule has 2 fully saturated rings. The van der Waals surface area contributed by atoms with Gasteiger partial charge in [-0.15, -0.1) is 22.7 Å². The number of nitrogens with one attached hydrogen (secondary N) is 2. The highest BCUT2D eigenvalue weighted by Gasteiger charge is 2.38. The summed E-state index contributed by atoms with van der Waals surface area (Å²) < 4.78 is 0. The summed E-state index contributed by atoms with van der Waals surface area (Å²) in [4.78, 5) is 75.5. The number of benzene rings is 4. The Morgan fingerprint density at radius 1 is 0.542 bits per heavy atom. The first-order valence-corrected chi connectivity index (χ1v) is 27.7. The van der Waals surface area contributed by atoms with Crippen molar-refractivity contribution in [2.45, 2.75) is 103 Å². The van der Waals surface area contributed by atoms with E-state index in [4.69, 9.17) is 9.97 Å². The Morgan fingerprint density at radius 2 is 0.903 bits per heavy atom. The summed E-state index contributed by atoms with van der Waals surface area (Å²) in [6, 6.07) is 34.4. The van der Waals surface area contributed by atoms with Gasteiger partial charge in [-0.1, -0.05) is 137 Å². The first-order chi connectivity index (χ1) is 35.2. The molecular formula is C58H70N8O4S2. The maximum Gasteiger partial charge on any atom is 0.250 e. The Labute approximate surface area is 433 Å². The van der Waals surface area contributed by atoms with Crippen LogP contribution in [-0.4, -0.2) is 106 Å². The molecule has 4 atom stereocenters. The number of carbonyl (C=O) groups excluding carboxylic acids is 4. The number of rotatable bonds is 23. The van der Waals surface area contributed by atoms with E-state index >= 15 is 0 Å². The highest BCUT2D eigenvalue weighted by Crippen LogP contribution is 2.41. The van der Waals surface area contributed by atoms with Gasteiger partial charge >= 0.3 is 0 Å². The molecule has 72 heavy (non-hydrogen) atoms. The van der Waals surface area contributed by atoms with Crippen LogP contribution in [0.5, 0.6) is 0 Å². The third-order valence-corrected chi connectivity index (χ3v) is 16.6. The molecule has 12 nitrogen and oxygen atoms in total. The molecule has 2 aliphatic heterocycles. The van der Waals surface area contributed by atoms with E-state index in [1.165, 1.54) is 0 Å². The molecule has 4 aromatic carbocycles. The minimum Gasteiger partial charge on any atom is -0.341 e. The molecule has 4 heterocycles. The minimum atomic E-state index is -0.757. The van der Waals surface area contributed by atoms with E-state index in [1.54, 1.807) is 22.7 Å². The summed E-state index contributed by atoms with van der Waals surface area (Å²) in [7, 11) is 0. The summed E-state index contributed by atoms with van der Waals surface area (Å²) >= 11 is 3.25. The van der Waals surface area contributed by atoms with Crippen molar-refractivity contribution in [3.05, 3.63) is 143 Å². The first kappa shape index (κ1) is 52.3.